The van der Waals surface area contributed by atoms with Crippen LogP contribution in [-0.4, -0.2) is 37.2 Å². The number of carbonyl (C=O) groups is 3. The highest BCUT2D eigenvalue weighted by atomic mass is 16.6. The normalized spacial score (nSPS) is 12.3. The number of ether oxygens (including phenoxy) is 3. The van der Waals surface area contributed by atoms with Gasteiger partial charge in [-0.05, 0) is 77.0 Å². The van der Waals surface area contributed by atoms with Gasteiger partial charge in [0.25, 0.3) is 0 Å². The molecule has 0 aromatic heterocycles. The molecular weight excluding hydrogens is 865 g/mol. The number of hydrogen-bond donors (Lipinski definition) is 0. The SMILES string of the molecule is CC/C=C\C/C=C\C/C=C\CCCCCCCCCCCC(=O)OCC(COC(=O)CCCCCCCCCCCCCCCCC)OC(=O)CCCCCCC/C=C\CCCCCCCCCCC. The lowest BCUT2D eigenvalue weighted by Crippen LogP contribution is -2.30. The molecule has 0 heterocycles. The van der Waals surface area contributed by atoms with Gasteiger partial charge in [-0.3, -0.25) is 14.4 Å². The number of allylic oxidation sites excluding steroid dienone is 8. The fraction of sp³-hybridized carbons (Fsp3) is 0.828. The maximum atomic E-state index is 12.9. The van der Waals surface area contributed by atoms with Crippen LogP contribution in [0.25, 0.3) is 0 Å². The highest BCUT2D eigenvalue weighted by Crippen LogP contribution is 2.17. The summed E-state index contributed by atoms with van der Waals surface area (Å²) >= 11 is 0. The van der Waals surface area contributed by atoms with E-state index in [0.717, 1.165) is 83.5 Å². The maximum Gasteiger partial charge on any atom is 0.306 e. The molecule has 1 unspecified atom stereocenters. The van der Waals surface area contributed by atoms with Crippen LogP contribution < -0.4 is 0 Å². The van der Waals surface area contributed by atoms with Gasteiger partial charge in [0.2, 0.25) is 0 Å². The van der Waals surface area contributed by atoms with Crippen molar-refractivity contribution in [2.45, 2.75) is 329 Å². The number of carbonyl (C=O) groups excluding carboxylic acids is 3. The maximum absolute atomic E-state index is 12.9. The Morgan fingerprint density at radius 3 is 0.886 bits per heavy atom. The average molecular weight is 982 g/mol. The van der Waals surface area contributed by atoms with Crippen molar-refractivity contribution in [2.75, 3.05) is 13.2 Å². The van der Waals surface area contributed by atoms with E-state index in [1.807, 2.05) is 0 Å². The van der Waals surface area contributed by atoms with Gasteiger partial charge in [-0.15, -0.1) is 0 Å². The zero-order valence-electron chi connectivity index (χ0n) is 46.8. The van der Waals surface area contributed by atoms with E-state index in [1.54, 1.807) is 0 Å². The third-order valence-electron chi connectivity index (χ3n) is 13.6. The Bertz CT molecular complexity index is 1220. The smallest absolute Gasteiger partial charge is 0.306 e. The molecule has 0 rings (SSSR count). The van der Waals surface area contributed by atoms with Crippen molar-refractivity contribution in [3.05, 3.63) is 48.6 Å². The van der Waals surface area contributed by atoms with Crippen LogP contribution in [-0.2, 0) is 28.6 Å². The fourth-order valence-corrected chi connectivity index (χ4v) is 8.98. The lowest BCUT2D eigenvalue weighted by Gasteiger charge is -2.18. The Morgan fingerprint density at radius 2 is 0.557 bits per heavy atom. The molecule has 0 bridgehead atoms. The van der Waals surface area contributed by atoms with Crippen LogP contribution in [0.3, 0.4) is 0 Å². The summed E-state index contributed by atoms with van der Waals surface area (Å²) in [5.74, 6) is -0.869. The second-order valence-electron chi connectivity index (χ2n) is 20.6. The summed E-state index contributed by atoms with van der Waals surface area (Å²) in [6.07, 6.45) is 72.5. The summed E-state index contributed by atoms with van der Waals surface area (Å²) in [5, 5.41) is 0. The van der Waals surface area contributed by atoms with E-state index in [0.29, 0.717) is 19.3 Å². The zero-order chi connectivity index (χ0) is 50.7. The minimum atomic E-state index is -0.778. The molecule has 0 aromatic carbocycles. The first kappa shape index (κ1) is 67.4. The van der Waals surface area contributed by atoms with Crippen LogP contribution >= 0.6 is 0 Å². The van der Waals surface area contributed by atoms with Crippen molar-refractivity contribution >= 4 is 17.9 Å². The van der Waals surface area contributed by atoms with Gasteiger partial charge >= 0.3 is 17.9 Å². The van der Waals surface area contributed by atoms with E-state index in [9.17, 15) is 14.4 Å². The molecular formula is C64H116O6. The Hall–Kier alpha value is -2.63. The van der Waals surface area contributed by atoms with E-state index >= 15 is 0 Å². The standard InChI is InChI=1S/C64H116O6/c1-4-7-10-13-16-19-22-25-28-30-32-34-36-39-42-45-48-51-54-57-63(66)69-60-61(59-68-62(65)56-53-50-47-44-41-38-35-27-24-21-18-15-12-9-6-3)70-64(67)58-55-52-49-46-43-40-37-33-31-29-26-23-20-17-14-11-8-5-2/h7,10,16,19,25,28,33,37,61H,4-6,8-9,11-15,17-18,20-24,26-27,29-32,34-36,38-60H2,1-3H3/b10-7-,19-16-,28-25-,37-33-. The van der Waals surface area contributed by atoms with Crippen LogP contribution in [0.2, 0.25) is 0 Å². The molecule has 1 atom stereocenters. The molecule has 0 aliphatic rings. The van der Waals surface area contributed by atoms with Crippen molar-refractivity contribution in [2.24, 2.45) is 0 Å². The van der Waals surface area contributed by atoms with Gasteiger partial charge < -0.3 is 14.2 Å². The van der Waals surface area contributed by atoms with Crippen molar-refractivity contribution in [1.29, 1.82) is 0 Å². The number of esters is 3. The van der Waals surface area contributed by atoms with Crippen LogP contribution in [0, 0.1) is 0 Å². The van der Waals surface area contributed by atoms with Gasteiger partial charge in [0, 0.05) is 19.3 Å². The lowest BCUT2D eigenvalue weighted by molar-refractivity contribution is -0.167. The Labute approximate surface area is 435 Å². The predicted molar refractivity (Wildman–Crippen MR) is 302 cm³/mol. The second-order valence-corrected chi connectivity index (χ2v) is 20.6. The van der Waals surface area contributed by atoms with Crippen molar-refractivity contribution in [1.82, 2.24) is 0 Å². The van der Waals surface area contributed by atoms with E-state index in [2.05, 4.69) is 69.4 Å². The molecule has 70 heavy (non-hydrogen) atoms. The zero-order valence-corrected chi connectivity index (χ0v) is 46.8. The fourth-order valence-electron chi connectivity index (χ4n) is 8.98. The van der Waals surface area contributed by atoms with E-state index < -0.39 is 6.10 Å². The summed E-state index contributed by atoms with van der Waals surface area (Å²) in [7, 11) is 0. The minimum absolute atomic E-state index is 0.0744. The molecule has 0 saturated carbocycles. The molecule has 0 saturated heterocycles. The predicted octanol–water partition coefficient (Wildman–Crippen LogP) is 20.6. The van der Waals surface area contributed by atoms with Gasteiger partial charge in [-0.2, -0.15) is 0 Å². The Morgan fingerprint density at radius 1 is 0.300 bits per heavy atom. The summed E-state index contributed by atoms with van der Waals surface area (Å²) in [5.41, 5.74) is 0. The van der Waals surface area contributed by atoms with E-state index in [-0.39, 0.29) is 31.1 Å². The summed E-state index contributed by atoms with van der Waals surface area (Å²) < 4.78 is 16.9. The van der Waals surface area contributed by atoms with Gasteiger partial charge in [0.15, 0.2) is 6.10 Å². The van der Waals surface area contributed by atoms with Gasteiger partial charge in [0.05, 0.1) is 0 Å². The lowest BCUT2D eigenvalue weighted by atomic mass is 10.0. The van der Waals surface area contributed by atoms with Gasteiger partial charge in [-0.1, -0.05) is 275 Å². The average Bonchev–Trinajstić information content (AvgIpc) is 3.36. The first-order valence-corrected chi connectivity index (χ1v) is 30.6. The largest absolute Gasteiger partial charge is 0.462 e. The molecule has 0 aliphatic heterocycles. The van der Waals surface area contributed by atoms with Crippen LogP contribution in [0.5, 0.6) is 0 Å². The first-order chi connectivity index (χ1) is 34.5. The second kappa shape index (κ2) is 58.9. The van der Waals surface area contributed by atoms with Crippen molar-refractivity contribution < 1.29 is 28.6 Å². The molecule has 0 aliphatic carbocycles. The summed E-state index contributed by atoms with van der Waals surface area (Å²) in [6.45, 7) is 6.57. The van der Waals surface area contributed by atoms with Crippen LogP contribution in [0.1, 0.15) is 323 Å². The Balaban J connectivity index is 4.35. The number of unbranched alkanes of at least 4 members (excludes halogenated alkanes) is 37. The molecule has 6 nitrogen and oxygen atoms in total. The quantitative estimate of drug-likeness (QED) is 0.0261. The molecule has 0 fully saturated rings. The van der Waals surface area contributed by atoms with Crippen molar-refractivity contribution in [3.8, 4) is 0 Å². The number of hydrogen-bond acceptors (Lipinski definition) is 6. The van der Waals surface area contributed by atoms with E-state index in [1.165, 1.54) is 199 Å². The van der Waals surface area contributed by atoms with E-state index in [4.69, 9.17) is 14.2 Å². The topological polar surface area (TPSA) is 78.9 Å². The highest BCUT2D eigenvalue weighted by Gasteiger charge is 2.19. The summed E-state index contributed by atoms with van der Waals surface area (Å²) in [6, 6.07) is 0. The molecule has 0 radical (unpaired) electrons. The van der Waals surface area contributed by atoms with Crippen LogP contribution in [0.15, 0.2) is 48.6 Å². The third-order valence-corrected chi connectivity index (χ3v) is 13.6. The molecule has 0 N–H and O–H groups in total. The molecule has 0 aromatic rings. The van der Waals surface area contributed by atoms with Crippen LogP contribution in [0.4, 0.5) is 0 Å². The number of rotatable bonds is 56. The molecule has 408 valence electrons. The molecule has 0 spiro atoms. The molecule has 6 heteroatoms. The highest BCUT2D eigenvalue weighted by molar-refractivity contribution is 5.71. The monoisotopic (exact) mass is 981 g/mol. The third kappa shape index (κ3) is 56.3. The molecule has 0 amide bonds. The van der Waals surface area contributed by atoms with Gasteiger partial charge in [0.1, 0.15) is 13.2 Å². The Kier molecular flexibility index (Phi) is 56.7. The first-order valence-electron chi connectivity index (χ1n) is 30.6. The van der Waals surface area contributed by atoms with Crippen molar-refractivity contribution in [3.63, 3.8) is 0 Å². The summed E-state index contributed by atoms with van der Waals surface area (Å²) in [4.78, 5) is 38.3. The van der Waals surface area contributed by atoms with Gasteiger partial charge in [-0.25, -0.2) is 0 Å². The minimum Gasteiger partial charge on any atom is -0.462 e.